The van der Waals surface area contributed by atoms with Crippen molar-refractivity contribution in [2.45, 2.75) is 13.8 Å². The van der Waals surface area contributed by atoms with E-state index in [-0.39, 0.29) is 12.5 Å². The zero-order valence-electron chi connectivity index (χ0n) is 11.6. The Labute approximate surface area is 118 Å². The summed E-state index contributed by atoms with van der Waals surface area (Å²) in [6.45, 7) is 3.86. The number of nitrogens with one attached hydrogen (secondary N) is 1. The van der Waals surface area contributed by atoms with Crippen molar-refractivity contribution in [2.24, 2.45) is 0 Å². The minimum Gasteiger partial charge on any atom is -0.484 e. The second kappa shape index (κ2) is 6.10. The van der Waals surface area contributed by atoms with E-state index in [4.69, 9.17) is 10.5 Å². The number of aryl methyl sites for hydroxylation is 2. The van der Waals surface area contributed by atoms with E-state index in [1.54, 1.807) is 6.07 Å². The standard InChI is InChI=1S/C16H18N2O2/c1-11-4-3-5-14(8-11)20-10-16(19)18-13-7-6-12(2)15(17)9-13/h3-9H,10,17H2,1-2H3,(H,18,19). The maximum atomic E-state index is 11.8. The summed E-state index contributed by atoms with van der Waals surface area (Å²) in [5, 5.41) is 2.75. The van der Waals surface area contributed by atoms with Crippen LogP contribution in [0.15, 0.2) is 42.5 Å². The number of carbonyl (C=O) groups is 1. The summed E-state index contributed by atoms with van der Waals surface area (Å²) < 4.78 is 5.43. The molecular weight excluding hydrogens is 252 g/mol. The maximum absolute atomic E-state index is 11.8. The van der Waals surface area contributed by atoms with Crippen LogP contribution < -0.4 is 15.8 Å². The van der Waals surface area contributed by atoms with Crippen LogP contribution in [-0.2, 0) is 4.79 Å². The first-order valence-corrected chi connectivity index (χ1v) is 6.40. The Kier molecular flexibility index (Phi) is 4.25. The van der Waals surface area contributed by atoms with Gasteiger partial charge >= 0.3 is 0 Å². The van der Waals surface area contributed by atoms with Gasteiger partial charge in [0, 0.05) is 11.4 Å². The van der Waals surface area contributed by atoms with Crippen LogP contribution in [-0.4, -0.2) is 12.5 Å². The molecule has 1 amide bonds. The van der Waals surface area contributed by atoms with E-state index in [2.05, 4.69) is 5.32 Å². The summed E-state index contributed by atoms with van der Waals surface area (Å²) in [5.74, 6) is 0.471. The van der Waals surface area contributed by atoms with Gasteiger partial charge in [0.1, 0.15) is 5.75 Å². The zero-order valence-corrected chi connectivity index (χ0v) is 11.6. The Morgan fingerprint density at radius 1 is 1.20 bits per heavy atom. The van der Waals surface area contributed by atoms with Gasteiger partial charge in [-0.2, -0.15) is 0 Å². The molecule has 0 atom stereocenters. The maximum Gasteiger partial charge on any atom is 0.262 e. The molecule has 4 nitrogen and oxygen atoms in total. The summed E-state index contributed by atoms with van der Waals surface area (Å²) in [7, 11) is 0. The van der Waals surface area contributed by atoms with Gasteiger partial charge in [-0.1, -0.05) is 18.2 Å². The van der Waals surface area contributed by atoms with Gasteiger partial charge in [-0.15, -0.1) is 0 Å². The van der Waals surface area contributed by atoms with Gasteiger partial charge in [0.2, 0.25) is 0 Å². The quantitative estimate of drug-likeness (QED) is 0.840. The first-order valence-electron chi connectivity index (χ1n) is 6.40. The zero-order chi connectivity index (χ0) is 14.5. The number of anilines is 2. The molecule has 104 valence electrons. The third-order valence-corrected chi connectivity index (χ3v) is 2.92. The smallest absolute Gasteiger partial charge is 0.262 e. The lowest BCUT2D eigenvalue weighted by Gasteiger charge is -2.09. The Hall–Kier alpha value is -2.49. The molecule has 0 spiro atoms. The summed E-state index contributed by atoms with van der Waals surface area (Å²) in [6, 6.07) is 13.0. The molecule has 3 N–H and O–H groups in total. The number of nitrogens with two attached hydrogens (primary N) is 1. The average Bonchev–Trinajstić information content (AvgIpc) is 2.41. The van der Waals surface area contributed by atoms with Crippen molar-refractivity contribution in [3.05, 3.63) is 53.6 Å². The molecule has 0 fully saturated rings. The first kappa shape index (κ1) is 13.9. The molecule has 2 aromatic rings. The highest BCUT2D eigenvalue weighted by Gasteiger charge is 2.05. The molecule has 0 aliphatic heterocycles. The third-order valence-electron chi connectivity index (χ3n) is 2.92. The van der Waals surface area contributed by atoms with E-state index in [1.165, 1.54) is 0 Å². The van der Waals surface area contributed by atoms with Gasteiger partial charge in [0.05, 0.1) is 0 Å². The number of benzene rings is 2. The van der Waals surface area contributed by atoms with E-state index < -0.39 is 0 Å². The molecule has 2 aromatic carbocycles. The topological polar surface area (TPSA) is 64.3 Å². The lowest BCUT2D eigenvalue weighted by Crippen LogP contribution is -2.20. The van der Waals surface area contributed by atoms with Gasteiger partial charge in [0.15, 0.2) is 6.61 Å². The molecule has 0 aliphatic carbocycles. The summed E-state index contributed by atoms with van der Waals surface area (Å²) >= 11 is 0. The van der Waals surface area contributed by atoms with Crippen LogP contribution >= 0.6 is 0 Å². The lowest BCUT2D eigenvalue weighted by molar-refractivity contribution is -0.118. The minimum absolute atomic E-state index is 0.0305. The monoisotopic (exact) mass is 270 g/mol. The number of hydrogen-bond acceptors (Lipinski definition) is 3. The van der Waals surface area contributed by atoms with Crippen molar-refractivity contribution < 1.29 is 9.53 Å². The van der Waals surface area contributed by atoms with Gasteiger partial charge in [0.25, 0.3) is 5.91 Å². The lowest BCUT2D eigenvalue weighted by atomic mass is 10.2. The summed E-state index contributed by atoms with van der Waals surface area (Å²) in [5.41, 5.74) is 9.20. The number of hydrogen-bond donors (Lipinski definition) is 2. The van der Waals surface area contributed by atoms with Gasteiger partial charge in [-0.3, -0.25) is 4.79 Å². The SMILES string of the molecule is Cc1cccc(OCC(=O)Nc2ccc(C)c(N)c2)c1. The van der Waals surface area contributed by atoms with Crippen LogP contribution in [0.5, 0.6) is 5.75 Å². The molecule has 20 heavy (non-hydrogen) atoms. The van der Waals surface area contributed by atoms with E-state index in [9.17, 15) is 4.79 Å². The van der Waals surface area contributed by atoms with Crippen LogP contribution in [0.4, 0.5) is 11.4 Å². The Balaban J connectivity index is 1.91. The number of rotatable bonds is 4. The second-order valence-electron chi connectivity index (χ2n) is 4.72. The van der Waals surface area contributed by atoms with E-state index in [1.807, 2.05) is 50.2 Å². The molecular formula is C16H18N2O2. The van der Waals surface area contributed by atoms with Gasteiger partial charge in [-0.25, -0.2) is 0 Å². The molecule has 0 radical (unpaired) electrons. The van der Waals surface area contributed by atoms with E-state index in [0.717, 1.165) is 11.1 Å². The van der Waals surface area contributed by atoms with Crippen molar-refractivity contribution in [2.75, 3.05) is 17.7 Å². The van der Waals surface area contributed by atoms with E-state index >= 15 is 0 Å². The number of ether oxygens (including phenoxy) is 1. The fourth-order valence-electron chi connectivity index (χ4n) is 1.77. The van der Waals surface area contributed by atoms with Crippen molar-refractivity contribution in [3.63, 3.8) is 0 Å². The van der Waals surface area contributed by atoms with Crippen LogP contribution in [0.1, 0.15) is 11.1 Å². The molecule has 0 aromatic heterocycles. The second-order valence-corrected chi connectivity index (χ2v) is 4.72. The largest absolute Gasteiger partial charge is 0.484 e. The summed E-state index contributed by atoms with van der Waals surface area (Å²) in [4.78, 5) is 11.8. The average molecular weight is 270 g/mol. The highest BCUT2D eigenvalue weighted by atomic mass is 16.5. The number of amides is 1. The fraction of sp³-hybridized carbons (Fsp3) is 0.188. The molecule has 0 saturated carbocycles. The number of carbonyl (C=O) groups excluding carboxylic acids is 1. The number of nitrogen functional groups attached to an aromatic ring is 1. The van der Waals surface area contributed by atoms with Crippen LogP contribution in [0.2, 0.25) is 0 Å². The van der Waals surface area contributed by atoms with Crippen molar-refractivity contribution >= 4 is 17.3 Å². The Morgan fingerprint density at radius 3 is 2.70 bits per heavy atom. The normalized spacial score (nSPS) is 10.1. The summed E-state index contributed by atoms with van der Waals surface area (Å²) in [6.07, 6.45) is 0. The highest BCUT2D eigenvalue weighted by molar-refractivity contribution is 5.92. The molecule has 0 saturated heterocycles. The fourth-order valence-corrected chi connectivity index (χ4v) is 1.77. The van der Waals surface area contributed by atoms with Crippen molar-refractivity contribution in [3.8, 4) is 5.75 Å². The van der Waals surface area contributed by atoms with Crippen LogP contribution in [0, 0.1) is 13.8 Å². The van der Waals surface area contributed by atoms with Gasteiger partial charge in [-0.05, 0) is 49.2 Å². The third kappa shape index (κ3) is 3.75. The first-order chi connectivity index (χ1) is 9.54. The Bertz CT molecular complexity index is 624. The predicted molar refractivity (Wildman–Crippen MR) is 80.9 cm³/mol. The molecule has 0 heterocycles. The molecule has 4 heteroatoms. The van der Waals surface area contributed by atoms with Crippen molar-refractivity contribution in [1.29, 1.82) is 0 Å². The predicted octanol–water partition coefficient (Wildman–Crippen LogP) is 2.90. The van der Waals surface area contributed by atoms with Crippen LogP contribution in [0.25, 0.3) is 0 Å². The van der Waals surface area contributed by atoms with E-state index in [0.29, 0.717) is 17.1 Å². The minimum atomic E-state index is -0.213. The highest BCUT2D eigenvalue weighted by Crippen LogP contribution is 2.17. The molecule has 0 aliphatic rings. The Morgan fingerprint density at radius 2 is 2.00 bits per heavy atom. The molecule has 0 unspecified atom stereocenters. The van der Waals surface area contributed by atoms with Crippen molar-refractivity contribution in [1.82, 2.24) is 0 Å². The van der Waals surface area contributed by atoms with Gasteiger partial charge < -0.3 is 15.8 Å². The van der Waals surface area contributed by atoms with Crippen LogP contribution in [0.3, 0.4) is 0 Å². The molecule has 0 bridgehead atoms. The molecule has 2 rings (SSSR count).